The van der Waals surface area contributed by atoms with Gasteiger partial charge in [0.05, 0.1) is 22.7 Å². The van der Waals surface area contributed by atoms with E-state index in [-0.39, 0.29) is 23.2 Å². The molecule has 10 heteroatoms. The highest BCUT2D eigenvalue weighted by molar-refractivity contribution is 7.98. The number of halogens is 3. The number of thioether (sulfide) groups is 1. The molecule has 1 aromatic heterocycles. The quantitative estimate of drug-likeness (QED) is 0.455. The monoisotopic (exact) mass is 446 g/mol. The van der Waals surface area contributed by atoms with Crippen molar-refractivity contribution >= 4 is 23.4 Å². The maximum atomic E-state index is 13.1. The van der Waals surface area contributed by atoms with Crippen LogP contribution in [0.4, 0.5) is 18.9 Å². The number of para-hydroxylation sites is 1. The highest BCUT2D eigenvalue weighted by atomic mass is 32.2. The summed E-state index contributed by atoms with van der Waals surface area (Å²) in [5, 5.41) is 17.5. The van der Waals surface area contributed by atoms with Crippen molar-refractivity contribution in [2.24, 2.45) is 0 Å². The van der Waals surface area contributed by atoms with E-state index < -0.39 is 23.8 Å². The van der Waals surface area contributed by atoms with E-state index in [1.165, 1.54) is 21.7 Å². The van der Waals surface area contributed by atoms with Crippen molar-refractivity contribution in [1.82, 2.24) is 10.1 Å². The van der Waals surface area contributed by atoms with Crippen LogP contribution in [0.3, 0.4) is 0 Å². The second-order valence-electron chi connectivity index (χ2n) is 6.82. The third kappa shape index (κ3) is 3.60. The Hall–Kier alpha value is -3.14. The first-order valence-corrected chi connectivity index (χ1v) is 10.6. The van der Waals surface area contributed by atoms with Gasteiger partial charge in [0.15, 0.2) is 0 Å². The summed E-state index contributed by atoms with van der Waals surface area (Å²) in [6.45, 7) is 1.70. The molecule has 0 saturated carbocycles. The van der Waals surface area contributed by atoms with Crippen molar-refractivity contribution in [3.05, 3.63) is 59.7 Å². The van der Waals surface area contributed by atoms with Crippen molar-refractivity contribution < 1.29 is 27.8 Å². The molecule has 1 aliphatic rings. The van der Waals surface area contributed by atoms with E-state index >= 15 is 0 Å². The van der Waals surface area contributed by atoms with Gasteiger partial charge in [-0.1, -0.05) is 35.5 Å². The Labute approximate surface area is 180 Å². The van der Waals surface area contributed by atoms with Crippen LogP contribution in [0.15, 0.2) is 53.7 Å². The molecule has 0 aliphatic carbocycles. The number of rotatable bonds is 3. The molecular formula is C21H17F3N4O2S. The van der Waals surface area contributed by atoms with Crippen molar-refractivity contribution in [2.45, 2.75) is 30.8 Å². The number of aromatic nitrogens is 3. The van der Waals surface area contributed by atoms with E-state index in [4.69, 9.17) is 0 Å². The van der Waals surface area contributed by atoms with Gasteiger partial charge in [0, 0.05) is 17.1 Å². The van der Waals surface area contributed by atoms with Crippen LogP contribution >= 0.6 is 11.8 Å². The molecule has 6 nitrogen and oxygen atoms in total. The fourth-order valence-corrected chi connectivity index (χ4v) is 3.95. The van der Waals surface area contributed by atoms with Gasteiger partial charge in [-0.2, -0.15) is 13.2 Å². The van der Waals surface area contributed by atoms with Gasteiger partial charge in [0.25, 0.3) is 17.0 Å². The van der Waals surface area contributed by atoms with Crippen molar-refractivity contribution in [3.63, 3.8) is 0 Å². The maximum absolute atomic E-state index is 13.1. The fourth-order valence-electron chi connectivity index (χ4n) is 3.61. The highest BCUT2D eigenvalue weighted by Gasteiger charge is 2.44. The van der Waals surface area contributed by atoms with Gasteiger partial charge in [-0.25, -0.2) is 9.88 Å². The Morgan fingerprint density at radius 3 is 2.48 bits per heavy atom. The Morgan fingerprint density at radius 2 is 1.87 bits per heavy atom. The number of hydrogen-bond donors (Lipinski definition) is 0. The van der Waals surface area contributed by atoms with Crippen LogP contribution in [0, 0.1) is 0 Å². The third-order valence-corrected chi connectivity index (χ3v) is 5.55. The lowest BCUT2D eigenvalue weighted by molar-refractivity contribution is -0.764. The van der Waals surface area contributed by atoms with Crippen LogP contribution in [-0.2, 0) is 11.0 Å². The van der Waals surface area contributed by atoms with Gasteiger partial charge in [-0.15, -0.1) is 0 Å². The highest BCUT2D eigenvalue weighted by Crippen LogP contribution is 2.41. The molecule has 2 aromatic carbocycles. The lowest BCUT2D eigenvalue weighted by Gasteiger charge is -2.33. The number of fused-ring (bicyclic) bond motifs is 3. The SMILES string of the molecule is CCC(=O)N1c2ccccc2-c2c([O-])nc(SC)n[n+]2C1c1ccc(C(F)(F)F)cc1. The minimum atomic E-state index is -4.49. The van der Waals surface area contributed by atoms with Gasteiger partial charge in [0.2, 0.25) is 5.91 Å². The predicted octanol–water partition coefficient (Wildman–Crippen LogP) is 3.55. The molecule has 0 spiro atoms. The molecule has 1 amide bonds. The standard InChI is InChI=1S/C21H17F3N4O2S/c1-3-16(29)27-15-7-5-4-6-14(15)17-18(30)25-20(31-2)26-28(17)19(27)12-8-10-13(11-9-12)21(22,23)24/h4-11,19H,3H2,1-2H3. The number of alkyl halides is 3. The van der Waals surface area contributed by atoms with E-state index in [0.29, 0.717) is 16.8 Å². The first kappa shape index (κ1) is 21.1. The largest absolute Gasteiger partial charge is 0.854 e. The van der Waals surface area contributed by atoms with E-state index in [1.54, 1.807) is 37.4 Å². The van der Waals surface area contributed by atoms with E-state index in [9.17, 15) is 23.1 Å². The molecule has 4 rings (SSSR count). The number of amides is 1. The lowest BCUT2D eigenvalue weighted by atomic mass is 10.00. The van der Waals surface area contributed by atoms with Crippen LogP contribution < -0.4 is 14.7 Å². The average Bonchev–Trinajstić information content (AvgIpc) is 2.76. The molecule has 0 fully saturated rings. The Morgan fingerprint density at radius 1 is 1.19 bits per heavy atom. The van der Waals surface area contributed by atoms with Gasteiger partial charge in [0.1, 0.15) is 0 Å². The summed E-state index contributed by atoms with van der Waals surface area (Å²) < 4.78 is 40.6. The van der Waals surface area contributed by atoms with E-state index in [1.807, 2.05) is 0 Å². The normalized spacial score (nSPS) is 15.4. The molecule has 0 radical (unpaired) electrons. The van der Waals surface area contributed by atoms with Gasteiger partial charge in [-0.3, -0.25) is 4.79 Å². The summed E-state index contributed by atoms with van der Waals surface area (Å²) in [7, 11) is 0. The van der Waals surface area contributed by atoms with Crippen LogP contribution in [0.1, 0.15) is 30.6 Å². The first-order valence-electron chi connectivity index (χ1n) is 9.39. The first-order chi connectivity index (χ1) is 14.8. The van der Waals surface area contributed by atoms with Crippen LogP contribution in [0.25, 0.3) is 11.3 Å². The number of benzene rings is 2. The molecule has 3 aromatic rings. The smallest absolute Gasteiger partial charge is 0.416 e. The third-order valence-electron chi connectivity index (χ3n) is 5.01. The second-order valence-corrected chi connectivity index (χ2v) is 7.60. The minimum absolute atomic E-state index is 0.159. The van der Waals surface area contributed by atoms with E-state index in [0.717, 1.165) is 23.9 Å². The van der Waals surface area contributed by atoms with Gasteiger partial charge >= 0.3 is 6.18 Å². The van der Waals surface area contributed by atoms with Crippen LogP contribution in [-0.4, -0.2) is 22.2 Å². The Kier molecular flexibility index (Phi) is 5.34. The summed E-state index contributed by atoms with van der Waals surface area (Å²) >= 11 is 1.16. The second kappa shape index (κ2) is 7.84. The molecule has 1 unspecified atom stereocenters. The van der Waals surface area contributed by atoms with Crippen molar-refractivity contribution in [3.8, 4) is 17.1 Å². The molecule has 160 valence electrons. The summed E-state index contributed by atoms with van der Waals surface area (Å²) in [5.41, 5.74) is 0.740. The Bertz CT molecular complexity index is 1150. The summed E-state index contributed by atoms with van der Waals surface area (Å²) in [6, 6.07) is 11.4. The fraction of sp³-hybridized carbons (Fsp3) is 0.238. The number of anilines is 1. The zero-order valence-corrected chi connectivity index (χ0v) is 17.4. The number of hydrogen-bond acceptors (Lipinski definition) is 5. The van der Waals surface area contributed by atoms with Crippen LogP contribution in [0.5, 0.6) is 5.88 Å². The average molecular weight is 446 g/mol. The summed E-state index contributed by atoms with van der Waals surface area (Å²) in [4.78, 5) is 18.5. The zero-order valence-electron chi connectivity index (χ0n) is 16.6. The predicted molar refractivity (Wildman–Crippen MR) is 106 cm³/mol. The summed E-state index contributed by atoms with van der Waals surface area (Å²) in [6.07, 6.45) is -3.55. The topological polar surface area (TPSA) is 73.0 Å². The Balaban J connectivity index is 2.00. The molecule has 1 aliphatic heterocycles. The minimum Gasteiger partial charge on any atom is -0.854 e. The maximum Gasteiger partial charge on any atom is 0.416 e. The van der Waals surface area contributed by atoms with Crippen LogP contribution in [0.2, 0.25) is 0 Å². The zero-order chi connectivity index (χ0) is 22.3. The van der Waals surface area contributed by atoms with Gasteiger partial charge in [-0.05, 0) is 42.7 Å². The van der Waals surface area contributed by atoms with E-state index in [2.05, 4.69) is 10.1 Å². The number of carbonyl (C=O) groups is 1. The molecule has 0 saturated heterocycles. The van der Waals surface area contributed by atoms with Crippen molar-refractivity contribution in [2.75, 3.05) is 11.2 Å². The van der Waals surface area contributed by atoms with Crippen molar-refractivity contribution in [1.29, 1.82) is 0 Å². The molecular weight excluding hydrogens is 429 g/mol. The molecule has 1 atom stereocenters. The molecule has 2 heterocycles. The van der Waals surface area contributed by atoms with Gasteiger partial charge < -0.3 is 5.11 Å². The molecule has 31 heavy (non-hydrogen) atoms. The molecule has 0 N–H and O–H groups in total. The summed E-state index contributed by atoms with van der Waals surface area (Å²) in [5.74, 6) is -0.778. The lowest BCUT2D eigenvalue weighted by Crippen LogP contribution is -2.59. The number of carbonyl (C=O) groups excluding carboxylic acids is 1. The molecule has 0 bridgehead atoms. The number of nitrogens with zero attached hydrogens (tertiary/aromatic N) is 4.